The van der Waals surface area contributed by atoms with Gasteiger partial charge >= 0.3 is 5.97 Å². The zero-order valence-electron chi connectivity index (χ0n) is 11.9. The van der Waals surface area contributed by atoms with Gasteiger partial charge in [0.25, 0.3) is 0 Å². The van der Waals surface area contributed by atoms with Gasteiger partial charge in [0.2, 0.25) is 0 Å². The van der Waals surface area contributed by atoms with Crippen LogP contribution in [-0.2, 0) is 19.0 Å². The summed E-state index contributed by atoms with van der Waals surface area (Å²) >= 11 is 0. The van der Waals surface area contributed by atoms with E-state index in [4.69, 9.17) is 14.2 Å². The van der Waals surface area contributed by atoms with E-state index in [9.17, 15) is 15.0 Å². The Labute approximate surface area is 121 Å². The lowest BCUT2D eigenvalue weighted by molar-refractivity contribution is -0.227. The average molecular weight is 294 g/mol. The predicted molar refractivity (Wildman–Crippen MR) is 68.1 cm³/mol. The second-order valence-corrected chi connectivity index (χ2v) is 7.41. The van der Waals surface area contributed by atoms with Crippen molar-refractivity contribution in [1.29, 1.82) is 0 Å². The van der Waals surface area contributed by atoms with Gasteiger partial charge in [-0.2, -0.15) is 0 Å². The third kappa shape index (κ3) is 0.933. The molecule has 5 aliphatic rings. The van der Waals surface area contributed by atoms with Gasteiger partial charge in [0.1, 0.15) is 35.6 Å². The van der Waals surface area contributed by atoms with Crippen LogP contribution in [0.25, 0.3) is 0 Å². The van der Waals surface area contributed by atoms with E-state index >= 15 is 0 Å². The Kier molecular flexibility index (Phi) is 1.83. The minimum Gasteiger partial charge on any atom is -0.459 e. The highest BCUT2D eigenvalue weighted by molar-refractivity contribution is 5.80. The quantitative estimate of drug-likeness (QED) is 0.381. The molecule has 6 nitrogen and oxygen atoms in total. The third-order valence-electron chi connectivity index (χ3n) is 6.74. The van der Waals surface area contributed by atoms with E-state index in [1.54, 1.807) is 6.92 Å². The second-order valence-electron chi connectivity index (χ2n) is 7.41. The first kappa shape index (κ1) is 12.6. The van der Waals surface area contributed by atoms with Gasteiger partial charge in [0.05, 0.1) is 17.9 Å². The van der Waals surface area contributed by atoms with E-state index in [1.807, 2.05) is 6.92 Å². The molecule has 0 aromatic rings. The minimum atomic E-state index is -1.47. The molecular formula is C15H18O6. The highest BCUT2D eigenvalue weighted by Crippen LogP contribution is 2.74. The van der Waals surface area contributed by atoms with Crippen molar-refractivity contribution < 1.29 is 29.2 Å². The molecule has 2 N–H and O–H groups in total. The summed E-state index contributed by atoms with van der Waals surface area (Å²) in [7, 11) is 0. The van der Waals surface area contributed by atoms with Gasteiger partial charge in [-0.3, -0.25) is 4.79 Å². The lowest BCUT2D eigenvalue weighted by Crippen LogP contribution is -2.70. The van der Waals surface area contributed by atoms with Gasteiger partial charge in [-0.15, -0.1) is 0 Å². The molecule has 1 unspecified atom stereocenters. The fourth-order valence-corrected chi connectivity index (χ4v) is 5.65. The van der Waals surface area contributed by atoms with Crippen molar-refractivity contribution in [2.24, 2.45) is 17.3 Å². The van der Waals surface area contributed by atoms with Crippen molar-refractivity contribution in [1.82, 2.24) is 0 Å². The molecule has 2 aliphatic carbocycles. The Morgan fingerprint density at radius 3 is 2.71 bits per heavy atom. The molecule has 5 rings (SSSR count). The third-order valence-corrected chi connectivity index (χ3v) is 6.74. The number of ether oxygens (including phenoxy) is 3. The molecule has 0 spiro atoms. The van der Waals surface area contributed by atoms with Crippen LogP contribution in [0.5, 0.6) is 0 Å². The van der Waals surface area contributed by atoms with E-state index in [1.165, 1.54) is 0 Å². The predicted octanol–water partition coefficient (Wildman–Crippen LogP) is -0.618. The summed E-state index contributed by atoms with van der Waals surface area (Å²) in [6.45, 7) is 7.69. The topological polar surface area (TPSA) is 88.5 Å². The number of epoxide rings is 1. The van der Waals surface area contributed by atoms with E-state index in [-0.39, 0.29) is 12.5 Å². The Balaban J connectivity index is 1.79. The summed E-state index contributed by atoms with van der Waals surface area (Å²) in [5, 5.41) is 22.5. The molecule has 9 atom stereocenters. The van der Waals surface area contributed by atoms with Crippen LogP contribution in [0.2, 0.25) is 0 Å². The van der Waals surface area contributed by atoms with Gasteiger partial charge in [0.15, 0.2) is 0 Å². The molecule has 3 saturated heterocycles. The molecule has 2 saturated carbocycles. The highest BCUT2D eigenvalue weighted by Gasteiger charge is 2.93. The first-order valence-corrected chi connectivity index (χ1v) is 7.36. The van der Waals surface area contributed by atoms with Crippen LogP contribution in [0.4, 0.5) is 0 Å². The highest BCUT2D eigenvalue weighted by atomic mass is 16.7. The Bertz CT molecular complexity index is 603. The van der Waals surface area contributed by atoms with Crippen LogP contribution in [0.1, 0.15) is 13.8 Å². The number of carbonyl (C=O) groups is 1. The molecule has 21 heavy (non-hydrogen) atoms. The molecule has 0 radical (unpaired) electrons. The average Bonchev–Trinajstić information content (AvgIpc) is 3.05. The monoisotopic (exact) mass is 294 g/mol. The van der Waals surface area contributed by atoms with Crippen LogP contribution in [0.3, 0.4) is 0 Å². The van der Waals surface area contributed by atoms with Gasteiger partial charge in [-0.1, -0.05) is 19.1 Å². The largest absolute Gasteiger partial charge is 0.459 e. The van der Waals surface area contributed by atoms with Crippen LogP contribution in [0, 0.1) is 17.3 Å². The van der Waals surface area contributed by atoms with Crippen molar-refractivity contribution >= 4 is 5.97 Å². The number of carbonyl (C=O) groups excluding carboxylic acids is 1. The summed E-state index contributed by atoms with van der Waals surface area (Å²) in [5.41, 5.74) is -2.90. The number of rotatable bonds is 1. The van der Waals surface area contributed by atoms with E-state index in [0.29, 0.717) is 0 Å². The number of aliphatic hydroxyl groups is 2. The van der Waals surface area contributed by atoms with Gasteiger partial charge in [-0.25, -0.2) is 0 Å². The van der Waals surface area contributed by atoms with Crippen molar-refractivity contribution in [2.75, 3.05) is 6.61 Å². The first-order valence-electron chi connectivity index (χ1n) is 7.36. The van der Waals surface area contributed by atoms with E-state index in [2.05, 4.69) is 6.58 Å². The summed E-state index contributed by atoms with van der Waals surface area (Å²) < 4.78 is 16.9. The molecule has 5 fully saturated rings. The van der Waals surface area contributed by atoms with Crippen molar-refractivity contribution in [3.8, 4) is 0 Å². The van der Waals surface area contributed by atoms with Crippen molar-refractivity contribution in [3.63, 3.8) is 0 Å². The van der Waals surface area contributed by atoms with E-state index < -0.39 is 52.9 Å². The maximum Gasteiger partial charge on any atom is 0.313 e. The summed E-state index contributed by atoms with van der Waals surface area (Å²) in [4.78, 5) is 12.4. The Morgan fingerprint density at radius 2 is 2.05 bits per heavy atom. The molecule has 0 aromatic heterocycles. The fraction of sp³-hybridized carbons (Fsp3) is 0.800. The first-order chi connectivity index (χ1) is 9.78. The zero-order chi connectivity index (χ0) is 14.9. The lowest BCUT2D eigenvalue weighted by atomic mass is 9.52. The van der Waals surface area contributed by atoms with Crippen LogP contribution in [-0.4, -0.2) is 58.4 Å². The zero-order valence-corrected chi connectivity index (χ0v) is 11.9. The summed E-state index contributed by atoms with van der Waals surface area (Å²) in [5.74, 6) is -1.48. The number of hydrogen-bond acceptors (Lipinski definition) is 6. The maximum atomic E-state index is 12.4. The standard InChI is InChI=1S/C15H18O6/c1-5(2)6-7-12(16)20-8(6)9-13(3)14(17,4-19-9)10-11(21-10)15(7,13)18/h6-11,17-18H,1,4H2,2-3H3/t6-,7?,8+,9+,10+,11-,13-,14+,15-/m0/s1. The molecule has 3 heterocycles. The summed E-state index contributed by atoms with van der Waals surface area (Å²) in [6.07, 6.45) is -2.02. The van der Waals surface area contributed by atoms with Crippen LogP contribution in [0.15, 0.2) is 12.2 Å². The molecule has 2 bridgehead atoms. The van der Waals surface area contributed by atoms with Gasteiger partial charge in [0, 0.05) is 5.92 Å². The Hall–Kier alpha value is -0.950. The second kappa shape index (κ2) is 3.06. The lowest BCUT2D eigenvalue weighted by Gasteiger charge is -2.53. The molecule has 0 amide bonds. The SMILES string of the molecule is C=C(C)[C@H]1C2C(=O)O[C@H]1[C@H]1OC[C@@]3(O)[C@@H]4O[C@@H]4[C@]2(O)[C@@]13C. The normalized spacial score (nSPS) is 65.8. The van der Waals surface area contributed by atoms with Gasteiger partial charge in [-0.05, 0) is 6.92 Å². The van der Waals surface area contributed by atoms with Crippen molar-refractivity contribution in [2.45, 2.75) is 49.5 Å². The number of fused-ring (bicyclic) bond motifs is 7. The molecule has 114 valence electrons. The molecule has 6 heteroatoms. The maximum absolute atomic E-state index is 12.4. The smallest absolute Gasteiger partial charge is 0.313 e. The minimum absolute atomic E-state index is 0.0985. The van der Waals surface area contributed by atoms with Crippen molar-refractivity contribution in [3.05, 3.63) is 12.2 Å². The summed E-state index contributed by atoms with van der Waals surface area (Å²) in [6, 6.07) is 0. The fourth-order valence-electron chi connectivity index (χ4n) is 5.65. The number of hydrogen-bond donors (Lipinski definition) is 2. The number of esters is 1. The molecule has 3 aliphatic heterocycles. The Morgan fingerprint density at radius 1 is 1.33 bits per heavy atom. The van der Waals surface area contributed by atoms with Gasteiger partial charge < -0.3 is 24.4 Å². The molecule has 0 aromatic carbocycles. The van der Waals surface area contributed by atoms with Crippen LogP contribution >= 0.6 is 0 Å². The van der Waals surface area contributed by atoms with E-state index in [0.717, 1.165) is 5.57 Å². The van der Waals surface area contributed by atoms with Crippen LogP contribution < -0.4 is 0 Å². The molecular weight excluding hydrogens is 276 g/mol.